The van der Waals surface area contributed by atoms with Crippen LogP contribution in [0.4, 0.5) is 16.0 Å². The minimum absolute atomic E-state index is 0.230. The Balaban J connectivity index is 1.53. The Labute approximate surface area is 143 Å². The maximum atomic E-state index is 14.1. The number of halogens is 1. The predicted octanol–water partition coefficient (Wildman–Crippen LogP) is 2.42. The fourth-order valence-corrected chi connectivity index (χ4v) is 2.97. The van der Waals surface area contributed by atoms with Crippen LogP contribution < -0.4 is 10.2 Å². The van der Waals surface area contributed by atoms with Crippen LogP contribution in [0.3, 0.4) is 0 Å². The topological polar surface area (TPSA) is 75.4 Å². The van der Waals surface area contributed by atoms with Crippen LogP contribution in [0.25, 0.3) is 5.65 Å². The number of hydrogen-bond donors (Lipinski definition) is 1. The summed E-state index contributed by atoms with van der Waals surface area (Å²) in [5.41, 5.74) is 1.60. The molecule has 0 spiro atoms. The molecular weight excluding hydrogens is 323 g/mol. The van der Waals surface area contributed by atoms with Crippen LogP contribution in [-0.2, 0) is 0 Å². The normalized spacial score (nSPS) is 14.2. The molecular formula is C17H17FN6O. The van der Waals surface area contributed by atoms with E-state index in [4.69, 9.17) is 0 Å². The second kappa shape index (κ2) is 6.12. The summed E-state index contributed by atoms with van der Waals surface area (Å²) in [5.74, 6) is -0.245. The number of aromatic nitrogens is 4. The molecule has 128 valence electrons. The summed E-state index contributed by atoms with van der Waals surface area (Å²) in [4.78, 5) is 27.0. The molecule has 0 bridgehead atoms. The molecule has 1 fully saturated rings. The third-order valence-corrected chi connectivity index (χ3v) is 4.17. The van der Waals surface area contributed by atoms with Crippen molar-refractivity contribution < 1.29 is 9.18 Å². The molecule has 1 aliphatic rings. The zero-order valence-electron chi connectivity index (χ0n) is 13.7. The van der Waals surface area contributed by atoms with E-state index >= 15 is 0 Å². The highest BCUT2D eigenvalue weighted by Gasteiger charge is 2.16. The van der Waals surface area contributed by atoms with E-state index in [9.17, 15) is 9.18 Å². The van der Waals surface area contributed by atoms with E-state index in [0.717, 1.165) is 25.9 Å². The fraction of sp³-hybridized carbons (Fsp3) is 0.294. The van der Waals surface area contributed by atoms with Gasteiger partial charge in [0.1, 0.15) is 0 Å². The van der Waals surface area contributed by atoms with Gasteiger partial charge in [0.05, 0.1) is 16.9 Å². The number of amides is 1. The molecule has 1 amide bonds. The Morgan fingerprint density at radius 1 is 1.20 bits per heavy atom. The van der Waals surface area contributed by atoms with Crippen molar-refractivity contribution in [1.82, 2.24) is 19.4 Å². The zero-order valence-corrected chi connectivity index (χ0v) is 13.7. The number of rotatable bonds is 3. The van der Waals surface area contributed by atoms with Crippen LogP contribution in [0.5, 0.6) is 0 Å². The molecule has 1 aliphatic heterocycles. The number of imidazole rings is 1. The quantitative estimate of drug-likeness (QED) is 0.792. The monoisotopic (exact) mass is 340 g/mol. The van der Waals surface area contributed by atoms with E-state index in [1.807, 2.05) is 0 Å². The van der Waals surface area contributed by atoms with Crippen molar-refractivity contribution in [1.29, 1.82) is 0 Å². The van der Waals surface area contributed by atoms with Crippen LogP contribution in [0.1, 0.15) is 28.9 Å². The lowest BCUT2D eigenvalue weighted by atomic mass is 10.3. The molecule has 3 aromatic rings. The van der Waals surface area contributed by atoms with Gasteiger partial charge in [-0.2, -0.15) is 0 Å². The minimum atomic E-state index is -0.494. The van der Waals surface area contributed by atoms with Gasteiger partial charge in [-0.1, -0.05) is 0 Å². The number of fused-ring (bicyclic) bond motifs is 1. The first-order valence-corrected chi connectivity index (χ1v) is 8.13. The van der Waals surface area contributed by atoms with E-state index in [1.165, 1.54) is 18.5 Å². The first-order valence-electron chi connectivity index (χ1n) is 8.13. The third kappa shape index (κ3) is 3.02. The van der Waals surface area contributed by atoms with E-state index < -0.39 is 5.82 Å². The van der Waals surface area contributed by atoms with Crippen LogP contribution in [0, 0.1) is 12.7 Å². The molecule has 0 unspecified atom stereocenters. The number of anilines is 2. The van der Waals surface area contributed by atoms with Crippen molar-refractivity contribution in [2.75, 3.05) is 23.3 Å². The second-order valence-corrected chi connectivity index (χ2v) is 6.11. The summed E-state index contributed by atoms with van der Waals surface area (Å²) in [6, 6.07) is 1.25. The van der Waals surface area contributed by atoms with E-state index in [-0.39, 0.29) is 11.6 Å². The van der Waals surface area contributed by atoms with Crippen molar-refractivity contribution in [3.63, 3.8) is 0 Å². The van der Waals surface area contributed by atoms with Gasteiger partial charge in [0.25, 0.3) is 5.91 Å². The van der Waals surface area contributed by atoms with Gasteiger partial charge < -0.3 is 14.6 Å². The van der Waals surface area contributed by atoms with Crippen molar-refractivity contribution in [2.45, 2.75) is 19.8 Å². The summed E-state index contributed by atoms with van der Waals surface area (Å²) in [7, 11) is 0. The SMILES string of the molecule is Cc1cn2cc(NC(=O)c3cnc(N4CCCC4)nc3)cc(F)c2n1. The lowest BCUT2D eigenvalue weighted by molar-refractivity contribution is 0.102. The van der Waals surface area contributed by atoms with Crippen LogP contribution >= 0.6 is 0 Å². The van der Waals surface area contributed by atoms with Gasteiger partial charge in [-0.15, -0.1) is 0 Å². The summed E-state index contributed by atoms with van der Waals surface area (Å²) >= 11 is 0. The van der Waals surface area contributed by atoms with Gasteiger partial charge in [-0.3, -0.25) is 4.79 Å². The molecule has 0 atom stereocenters. The Bertz CT molecular complexity index is 930. The van der Waals surface area contributed by atoms with E-state index in [0.29, 0.717) is 22.9 Å². The summed E-state index contributed by atoms with van der Waals surface area (Å²) < 4.78 is 15.6. The highest BCUT2D eigenvalue weighted by atomic mass is 19.1. The smallest absolute Gasteiger partial charge is 0.258 e. The molecule has 0 saturated carbocycles. The average molecular weight is 340 g/mol. The van der Waals surface area contributed by atoms with Crippen LogP contribution in [0.2, 0.25) is 0 Å². The molecule has 0 aliphatic carbocycles. The molecule has 4 heterocycles. The van der Waals surface area contributed by atoms with Crippen molar-refractivity contribution in [3.05, 3.63) is 47.9 Å². The standard InChI is InChI=1S/C17H17FN6O/c1-11-9-24-10-13(6-14(18)15(24)21-11)22-16(25)12-7-19-17(20-8-12)23-4-2-3-5-23/h6-10H,2-5H2,1H3,(H,22,25). The predicted molar refractivity (Wildman–Crippen MR) is 91.3 cm³/mol. The third-order valence-electron chi connectivity index (χ3n) is 4.17. The summed E-state index contributed by atoms with van der Waals surface area (Å²) in [6.45, 7) is 3.66. The molecule has 1 N–H and O–H groups in total. The second-order valence-electron chi connectivity index (χ2n) is 6.11. The van der Waals surface area contributed by atoms with Gasteiger partial charge in [-0.25, -0.2) is 19.3 Å². The van der Waals surface area contributed by atoms with Gasteiger partial charge >= 0.3 is 0 Å². The maximum Gasteiger partial charge on any atom is 0.258 e. The van der Waals surface area contributed by atoms with Gasteiger partial charge in [0, 0.05) is 43.9 Å². The summed E-state index contributed by atoms with van der Waals surface area (Å²) in [6.07, 6.45) is 8.57. The van der Waals surface area contributed by atoms with Crippen molar-refractivity contribution in [3.8, 4) is 0 Å². The minimum Gasteiger partial charge on any atom is -0.341 e. The molecule has 7 nitrogen and oxygen atoms in total. The van der Waals surface area contributed by atoms with Crippen LogP contribution in [0.15, 0.2) is 30.9 Å². The Morgan fingerprint density at radius 2 is 1.92 bits per heavy atom. The first kappa shape index (κ1) is 15.5. The molecule has 3 aromatic heterocycles. The molecule has 0 aromatic carbocycles. The largest absolute Gasteiger partial charge is 0.341 e. The molecule has 0 radical (unpaired) electrons. The Kier molecular flexibility index (Phi) is 3.79. The lowest BCUT2D eigenvalue weighted by Gasteiger charge is -2.14. The van der Waals surface area contributed by atoms with Crippen molar-refractivity contribution >= 4 is 23.2 Å². The number of carbonyl (C=O) groups excluding carboxylic acids is 1. The average Bonchev–Trinajstić information content (AvgIpc) is 3.24. The van der Waals surface area contributed by atoms with Gasteiger partial charge in [0.15, 0.2) is 11.5 Å². The first-order chi connectivity index (χ1) is 12.1. The van der Waals surface area contributed by atoms with E-state index in [1.54, 1.807) is 23.7 Å². The van der Waals surface area contributed by atoms with Gasteiger partial charge in [0.2, 0.25) is 5.95 Å². The Morgan fingerprint density at radius 3 is 2.64 bits per heavy atom. The summed E-state index contributed by atoms with van der Waals surface area (Å²) in [5, 5.41) is 2.67. The number of hydrogen-bond acceptors (Lipinski definition) is 5. The number of pyridine rings is 1. The highest BCUT2D eigenvalue weighted by Crippen LogP contribution is 2.18. The zero-order chi connectivity index (χ0) is 17.4. The van der Waals surface area contributed by atoms with Gasteiger partial charge in [-0.05, 0) is 19.8 Å². The number of nitrogens with one attached hydrogen (secondary N) is 1. The van der Waals surface area contributed by atoms with Crippen molar-refractivity contribution in [2.24, 2.45) is 0 Å². The molecule has 4 rings (SSSR count). The number of carbonyl (C=O) groups is 1. The molecule has 8 heteroatoms. The van der Waals surface area contributed by atoms with Crippen LogP contribution in [-0.4, -0.2) is 38.3 Å². The number of aryl methyl sites for hydroxylation is 1. The molecule has 25 heavy (non-hydrogen) atoms. The molecule has 1 saturated heterocycles. The van der Waals surface area contributed by atoms with E-state index in [2.05, 4.69) is 25.2 Å². The lowest BCUT2D eigenvalue weighted by Crippen LogP contribution is -2.21. The Hall–Kier alpha value is -3.03. The highest BCUT2D eigenvalue weighted by molar-refractivity contribution is 6.03. The maximum absolute atomic E-state index is 14.1. The fourth-order valence-electron chi connectivity index (χ4n) is 2.97. The number of nitrogens with zero attached hydrogens (tertiary/aromatic N) is 5.